The van der Waals surface area contributed by atoms with Gasteiger partial charge < -0.3 is 42.6 Å². The van der Waals surface area contributed by atoms with Crippen LogP contribution in [0.25, 0.3) is 12.2 Å². The fourth-order valence-electron chi connectivity index (χ4n) is 7.11. The van der Waals surface area contributed by atoms with E-state index in [4.69, 9.17) is 42.6 Å². The molecule has 2 fully saturated rings. The number of carbonyl (C=O) groups excluding carboxylic acids is 5. The third-order valence-corrected chi connectivity index (χ3v) is 10.8. The third-order valence-electron chi connectivity index (χ3n) is 10.8. The SMILES string of the molecule is C=CC(=O)OCCCCCCOc1ccc(C=Cc2ccc(C(=O)O[C@H]3CO[C@H]4[C@@H]3OC[C@H]4OC(=O)c3ccc(OC(=O)c4ccc(OCCCCCCOC(=O)C=C)cc4)cc3)cc2)cc1. The van der Waals surface area contributed by atoms with Crippen molar-refractivity contribution in [1.82, 2.24) is 0 Å². The summed E-state index contributed by atoms with van der Waals surface area (Å²) in [5, 5.41) is 0. The van der Waals surface area contributed by atoms with Gasteiger partial charge >= 0.3 is 29.8 Å². The minimum atomic E-state index is -0.717. The van der Waals surface area contributed by atoms with Gasteiger partial charge in [-0.15, -0.1) is 0 Å². The van der Waals surface area contributed by atoms with Gasteiger partial charge in [0.25, 0.3) is 0 Å². The van der Waals surface area contributed by atoms with Gasteiger partial charge in [0.05, 0.1) is 56.3 Å². The van der Waals surface area contributed by atoms with Crippen LogP contribution in [-0.4, -0.2) is 93.9 Å². The zero-order chi connectivity index (χ0) is 47.2. The smallest absolute Gasteiger partial charge is 0.343 e. The molecule has 0 spiro atoms. The number of hydrogen-bond acceptors (Lipinski definition) is 14. The molecule has 0 saturated carbocycles. The van der Waals surface area contributed by atoms with E-state index in [0.717, 1.165) is 74.3 Å². The van der Waals surface area contributed by atoms with Crippen LogP contribution in [0, 0.1) is 0 Å². The zero-order valence-corrected chi connectivity index (χ0v) is 37.4. The first-order valence-corrected chi connectivity index (χ1v) is 22.5. The van der Waals surface area contributed by atoms with E-state index in [-0.39, 0.29) is 24.5 Å². The summed E-state index contributed by atoms with van der Waals surface area (Å²) >= 11 is 0. The van der Waals surface area contributed by atoms with Crippen molar-refractivity contribution in [3.63, 3.8) is 0 Å². The van der Waals surface area contributed by atoms with E-state index in [0.29, 0.717) is 43.3 Å². The number of ether oxygens (including phenoxy) is 9. The van der Waals surface area contributed by atoms with Crippen molar-refractivity contribution >= 4 is 42.0 Å². The van der Waals surface area contributed by atoms with E-state index in [1.165, 1.54) is 30.3 Å². The molecule has 2 aliphatic heterocycles. The molecular formula is C53H56O14. The van der Waals surface area contributed by atoms with Crippen molar-refractivity contribution in [2.24, 2.45) is 0 Å². The summed E-state index contributed by atoms with van der Waals surface area (Å²) in [7, 11) is 0. The van der Waals surface area contributed by atoms with Gasteiger partial charge in [-0.25, -0.2) is 24.0 Å². The number of fused-ring (bicyclic) bond motifs is 1. The first-order valence-electron chi connectivity index (χ1n) is 22.5. The molecule has 0 aromatic heterocycles. The van der Waals surface area contributed by atoms with Crippen LogP contribution in [0.2, 0.25) is 0 Å². The monoisotopic (exact) mass is 916 g/mol. The topological polar surface area (TPSA) is 168 Å². The van der Waals surface area contributed by atoms with Gasteiger partial charge in [0, 0.05) is 12.2 Å². The molecule has 2 heterocycles. The summed E-state index contributed by atoms with van der Waals surface area (Å²) in [6, 6.07) is 27.5. The van der Waals surface area contributed by atoms with Crippen molar-refractivity contribution in [1.29, 1.82) is 0 Å². The van der Waals surface area contributed by atoms with Gasteiger partial charge in [-0.05, 0) is 135 Å². The minimum Gasteiger partial charge on any atom is -0.494 e. The molecule has 0 bridgehead atoms. The second-order valence-corrected chi connectivity index (χ2v) is 15.7. The summed E-state index contributed by atoms with van der Waals surface area (Å²) in [5.41, 5.74) is 2.84. The number of carbonyl (C=O) groups is 5. The van der Waals surface area contributed by atoms with Crippen LogP contribution in [0.15, 0.2) is 122 Å². The normalized spacial score (nSPS) is 17.2. The lowest BCUT2D eigenvalue weighted by molar-refractivity contribution is -0.138. The van der Waals surface area contributed by atoms with Crippen LogP contribution in [0.4, 0.5) is 0 Å². The molecule has 0 aliphatic carbocycles. The molecule has 4 aromatic carbocycles. The largest absolute Gasteiger partial charge is 0.494 e. The summed E-state index contributed by atoms with van der Waals surface area (Å²) in [6.07, 6.45) is 10.7. The molecule has 352 valence electrons. The molecule has 14 heteroatoms. The molecule has 0 unspecified atom stereocenters. The van der Waals surface area contributed by atoms with Crippen molar-refractivity contribution in [3.8, 4) is 17.2 Å². The summed E-state index contributed by atoms with van der Waals surface area (Å²) in [6.45, 7) is 8.80. The molecule has 0 radical (unpaired) electrons. The molecule has 4 aromatic rings. The highest BCUT2D eigenvalue weighted by molar-refractivity contribution is 5.92. The van der Waals surface area contributed by atoms with Crippen molar-refractivity contribution in [2.75, 3.05) is 39.6 Å². The van der Waals surface area contributed by atoms with Gasteiger partial charge in [0.15, 0.2) is 12.2 Å². The Kier molecular flexibility index (Phi) is 19.3. The van der Waals surface area contributed by atoms with E-state index in [9.17, 15) is 24.0 Å². The van der Waals surface area contributed by atoms with Crippen LogP contribution in [-0.2, 0) is 38.0 Å². The van der Waals surface area contributed by atoms with Crippen LogP contribution < -0.4 is 14.2 Å². The summed E-state index contributed by atoms with van der Waals surface area (Å²) in [5.74, 6) is -0.848. The highest BCUT2D eigenvalue weighted by Crippen LogP contribution is 2.32. The van der Waals surface area contributed by atoms with Crippen molar-refractivity contribution in [2.45, 2.75) is 75.8 Å². The zero-order valence-electron chi connectivity index (χ0n) is 37.4. The Morgan fingerprint density at radius 3 is 1.25 bits per heavy atom. The molecule has 6 rings (SSSR count). The lowest BCUT2D eigenvalue weighted by atomic mass is 10.1. The fourth-order valence-corrected chi connectivity index (χ4v) is 7.11. The number of unbranched alkanes of at least 4 members (excludes halogenated alkanes) is 6. The Bertz CT molecular complexity index is 2280. The Labute approximate surface area is 390 Å². The molecule has 0 N–H and O–H groups in total. The van der Waals surface area contributed by atoms with E-state index in [1.54, 1.807) is 36.4 Å². The van der Waals surface area contributed by atoms with Gasteiger partial charge in [-0.1, -0.05) is 49.6 Å². The van der Waals surface area contributed by atoms with Crippen LogP contribution in [0.5, 0.6) is 17.2 Å². The maximum atomic E-state index is 13.1. The quantitative estimate of drug-likeness (QED) is 0.0146. The number of benzene rings is 4. The molecule has 2 aliphatic rings. The number of hydrogen-bond donors (Lipinski definition) is 0. The minimum absolute atomic E-state index is 0.0707. The molecule has 2 saturated heterocycles. The van der Waals surface area contributed by atoms with Crippen molar-refractivity contribution < 1.29 is 66.6 Å². The first kappa shape index (κ1) is 49.4. The van der Waals surface area contributed by atoms with Gasteiger partial charge in [0.2, 0.25) is 0 Å². The Morgan fingerprint density at radius 2 is 0.821 bits per heavy atom. The van der Waals surface area contributed by atoms with Crippen LogP contribution in [0.1, 0.15) is 93.6 Å². The second kappa shape index (κ2) is 26.2. The molecular weight excluding hydrogens is 861 g/mol. The lowest BCUT2D eigenvalue weighted by Gasteiger charge is -2.17. The standard InChI is InChI=1S/C53H56O14/c1-3-47(54)61-33-11-7-5-9-31-59-42-25-17-38(18-26-42)14-13-37-15-19-39(20-16-37)52(57)66-45-35-63-50-46(36-64-49(45)50)67-53(58)41-23-29-44(30-24-41)65-51(56)40-21-27-43(28-22-40)60-32-10-6-8-12-34-62-48(55)4-2/h3-4,13-30,45-46,49-50H,1-2,5-12,31-36H2/t45-,46+,49+,50+/m0/s1. The van der Waals surface area contributed by atoms with Crippen molar-refractivity contribution in [3.05, 3.63) is 150 Å². The average molecular weight is 917 g/mol. The third kappa shape index (κ3) is 15.8. The van der Waals surface area contributed by atoms with Gasteiger partial charge in [-0.3, -0.25) is 0 Å². The Morgan fingerprint density at radius 1 is 0.463 bits per heavy atom. The highest BCUT2D eigenvalue weighted by atomic mass is 16.7. The van der Waals surface area contributed by atoms with E-state index in [1.807, 2.05) is 48.6 Å². The highest BCUT2D eigenvalue weighted by Gasteiger charge is 2.51. The van der Waals surface area contributed by atoms with Gasteiger partial charge in [0.1, 0.15) is 29.5 Å². The first-order chi connectivity index (χ1) is 32.7. The maximum Gasteiger partial charge on any atom is 0.343 e. The number of rotatable bonds is 26. The van der Waals surface area contributed by atoms with Crippen LogP contribution in [0.3, 0.4) is 0 Å². The van der Waals surface area contributed by atoms with E-state index >= 15 is 0 Å². The summed E-state index contributed by atoms with van der Waals surface area (Å²) in [4.78, 5) is 61.1. The predicted octanol–water partition coefficient (Wildman–Crippen LogP) is 8.96. The predicted molar refractivity (Wildman–Crippen MR) is 248 cm³/mol. The average Bonchev–Trinajstić information content (AvgIpc) is 3.95. The summed E-state index contributed by atoms with van der Waals surface area (Å²) < 4.78 is 50.4. The molecule has 14 nitrogen and oxygen atoms in total. The Balaban J connectivity index is 0.861. The molecule has 0 amide bonds. The van der Waals surface area contributed by atoms with E-state index < -0.39 is 54.3 Å². The molecule has 4 atom stereocenters. The second-order valence-electron chi connectivity index (χ2n) is 15.7. The Hall–Kier alpha value is -7.03. The fraction of sp³-hybridized carbons (Fsp3) is 0.340. The number of esters is 5. The van der Waals surface area contributed by atoms with Crippen LogP contribution >= 0.6 is 0 Å². The van der Waals surface area contributed by atoms with E-state index in [2.05, 4.69) is 13.2 Å². The van der Waals surface area contributed by atoms with Gasteiger partial charge in [-0.2, -0.15) is 0 Å². The molecule has 67 heavy (non-hydrogen) atoms. The maximum absolute atomic E-state index is 13.1. The lowest BCUT2D eigenvalue weighted by Crippen LogP contribution is -2.36.